The van der Waals surface area contributed by atoms with E-state index >= 15 is 4.39 Å². The second kappa shape index (κ2) is 9.15. The van der Waals surface area contributed by atoms with Crippen molar-refractivity contribution >= 4 is 31.1 Å². The predicted molar refractivity (Wildman–Crippen MR) is 127 cm³/mol. The van der Waals surface area contributed by atoms with E-state index in [4.69, 9.17) is 0 Å². The van der Waals surface area contributed by atoms with Crippen molar-refractivity contribution in [3.63, 3.8) is 0 Å². The maximum absolute atomic E-state index is 16.7. The molecule has 0 bridgehead atoms. The van der Waals surface area contributed by atoms with Crippen molar-refractivity contribution < 1.29 is 39.0 Å². The largest absolute Gasteiger partial charge is 0.451 e. The molecule has 0 aliphatic heterocycles. The minimum absolute atomic E-state index is 0.0188. The number of alkyl halides is 4. The average Bonchev–Trinajstić information content (AvgIpc) is 2.82. The molecule has 0 saturated carbocycles. The lowest BCUT2D eigenvalue weighted by molar-refractivity contribution is -0.145. The number of benzene rings is 2. The maximum Gasteiger partial charge on any atom is 0.451 e. The molecule has 4 rings (SSSR count). The van der Waals surface area contributed by atoms with Gasteiger partial charge in [-0.15, -0.1) is 0 Å². The minimum Gasteiger partial charge on any atom is -0.285 e. The predicted octanol–water partition coefficient (Wildman–Crippen LogP) is 4.50. The Labute approximate surface area is 209 Å². The number of halogens is 4. The van der Waals surface area contributed by atoms with Crippen molar-refractivity contribution in [3.8, 4) is 0 Å². The van der Waals surface area contributed by atoms with Crippen LogP contribution in [0.1, 0.15) is 22.6 Å². The summed E-state index contributed by atoms with van der Waals surface area (Å²) in [5, 5.41) is -2.46. The number of rotatable bonds is 5. The van der Waals surface area contributed by atoms with Crippen molar-refractivity contribution in [2.24, 2.45) is 0 Å². The fourth-order valence-electron chi connectivity index (χ4n) is 4.09. The Morgan fingerprint density at radius 3 is 2.08 bits per heavy atom. The minimum atomic E-state index is -5.35. The normalized spacial score (nSPS) is 20.8. The molecule has 2 atom stereocenters. The van der Waals surface area contributed by atoms with Crippen LogP contribution in [0.5, 0.6) is 0 Å². The third-order valence-corrected chi connectivity index (χ3v) is 8.01. The highest BCUT2D eigenvalue weighted by atomic mass is 32.2. The van der Waals surface area contributed by atoms with Crippen LogP contribution in [0.15, 0.2) is 83.9 Å². The van der Waals surface area contributed by atoms with Crippen LogP contribution in [0.2, 0.25) is 0 Å². The van der Waals surface area contributed by atoms with Crippen molar-refractivity contribution in [3.05, 3.63) is 102 Å². The number of hydrogen-bond donors (Lipinski definition) is 1. The third kappa shape index (κ3) is 5.20. The highest BCUT2D eigenvalue weighted by molar-refractivity contribution is 7.90. The highest BCUT2D eigenvalue weighted by Gasteiger charge is 2.53. The Bertz CT molecular complexity index is 1620. The van der Waals surface area contributed by atoms with E-state index in [1.807, 2.05) is 0 Å². The standard InChI is InChI=1S/C24H18F4N2O5S2/c1-36(31,32)17-9-7-16(8-10-17)20-18(15-5-3-2-4-6-15)11-13-23(25,21(20)37(33,34)35)19-12-14-29-22(30-19)24(26,27)28/h2-14,21H,1H3,(H,33,34,35). The number of aromatic nitrogens is 2. The number of sulfone groups is 1. The third-order valence-electron chi connectivity index (χ3n) is 5.70. The lowest BCUT2D eigenvalue weighted by Crippen LogP contribution is -2.43. The lowest BCUT2D eigenvalue weighted by atomic mass is 9.79. The zero-order chi connectivity index (χ0) is 27.2. The molecule has 0 fully saturated rings. The Morgan fingerprint density at radius 2 is 1.54 bits per heavy atom. The van der Waals surface area contributed by atoms with Gasteiger partial charge in [0, 0.05) is 12.5 Å². The van der Waals surface area contributed by atoms with Gasteiger partial charge in [0.1, 0.15) is 0 Å². The Balaban J connectivity index is 2.03. The molecule has 1 aliphatic rings. The van der Waals surface area contributed by atoms with E-state index < -0.39 is 48.6 Å². The van der Waals surface area contributed by atoms with Crippen molar-refractivity contribution in [2.45, 2.75) is 22.0 Å². The molecule has 2 aromatic carbocycles. The van der Waals surface area contributed by atoms with Gasteiger partial charge in [0.15, 0.2) is 20.8 Å². The summed E-state index contributed by atoms with van der Waals surface area (Å²) in [5.41, 5.74) is -3.91. The van der Waals surface area contributed by atoms with Gasteiger partial charge in [-0.3, -0.25) is 4.55 Å². The quantitative estimate of drug-likeness (QED) is 0.365. The van der Waals surface area contributed by atoms with Crippen LogP contribution < -0.4 is 0 Å². The van der Waals surface area contributed by atoms with Gasteiger partial charge in [-0.1, -0.05) is 48.5 Å². The van der Waals surface area contributed by atoms with Crippen LogP contribution in [-0.4, -0.2) is 42.9 Å². The lowest BCUT2D eigenvalue weighted by Gasteiger charge is -2.35. The molecule has 2 unspecified atom stereocenters. The highest BCUT2D eigenvalue weighted by Crippen LogP contribution is 2.48. The summed E-state index contributed by atoms with van der Waals surface area (Å²) >= 11 is 0. The fourth-order valence-corrected chi connectivity index (χ4v) is 5.91. The summed E-state index contributed by atoms with van der Waals surface area (Å²) in [5.74, 6) is -1.69. The van der Waals surface area contributed by atoms with Gasteiger partial charge in [-0.05, 0) is 46.5 Å². The van der Waals surface area contributed by atoms with E-state index in [9.17, 15) is 34.6 Å². The van der Waals surface area contributed by atoms with E-state index in [1.54, 1.807) is 30.3 Å². The zero-order valence-corrected chi connectivity index (χ0v) is 20.5. The molecule has 1 heterocycles. The van der Waals surface area contributed by atoms with E-state index in [1.165, 1.54) is 30.3 Å². The first-order valence-electron chi connectivity index (χ1n) is 10.5. The van der Waals surface area contributed by atoms with Gasteiger partial charge >= 0.3 is 6.18 Å². The second-order valence-electron chi connectivity index (χ2n) is 8.25. The summed E-state index contributed by atoms with van der Waals surface area (Å²) in [4.78, 5) is 6.22. The average molecular weight is 555 g/mol. The van der Waals surface area contributed by atoms with Gasteiger partial charge < -0.3 is 0 Å². The van der Waals surface area contributed by atoms with E-state index in [0.29, 0.717) is 11.8 Å². The van der Waals surface area contributed by atoms with E-state index in [2.05, 4.69) is 9.97 Å². The molecular formula is C24H18F4N2O5S2. The molecule has 0 saturated heterocycles. The first-order chi connectivity index (χ1) is 17.1. The van der Waals surface area contributed by atoms with Crippen LogP contribution in [0.4, 0.5) is 17.6 Å². The van der Waals surface area contributed by atoms with Crippen molar-refractivity contribution in [1.29, 1.82) is 0 Å². The maximum atomic E-state index is 16.7. The first kappa shape index (κ1) is 26.6. The van der Waals surface area contributed by atoms with Crippen LogP contribution >= 0.6 is 0 Å². The molecular weight excluding hydrogens is 536 g/mol. The Kier molecular flexibility index (Phi) is 6.59. The number of allylic oxidation sites excluding steroid dienone is 3. The fraction of sp³-hybridized carbons (Fsp3) is 0.167. The number of hydrogen-bond acceptors (Lipinski definition) is 6. The van der Waals surface area contributed by atoms with E-state index in [0.717, 1.165) is 18.4 Å². The topological polar surface area (TPSA) is 114 Å². The summed E-state index contributed by atoms with van der Waals surface area (Å²) in [7, 11) is -8.99. The Morgan fingerprint density at radius 1 is 0.919 bits per heavy atom. The summed E-state index contributed by atoms with van der Waals surface area (Å²) in [6, 6.07) is 13.7. The molecule has 7 nitrogen and oxygen atoms in total. The van der Waals surface area contributed by atoms with Crippen molar-refractivity contribution in [2.75, 3.05) is 6.26 Å². The van der Waals surface area contributed by atoms with Gasteiger partial charge in [0.25, 0.3) is 10.1 Å². The summed E-state index contributed by atoms with van der Waals surface area (Å²) in [6.07, 6.45) is -1.54. The first-order valence-corrected chi connectivity index (χ1v) is 13.9. The smallest absolute Gasteiger partial charge is 0.285 e. The molecule has 0 radical (unpaired) electrons. The summed E-state index contributed by atoms with van der Waals surface area (Å²) < 4.78 is 116. The molecule has 13 heteroatoms. The zero-order valence-electron chi connectivity index (χ0n) is 18.9. The summed E-state index contributed by atoms with van der Waals surface area (Å²) in [6.45, 7) is 0. The molecule has 1 aliphatic carbocycles. The second-order valence-corrected chi connectivity index (χ2v) is 11.8. The molecule has 1 aromatic heterocycles. The monoisotopic (exact) mass is 554 g/mol. The van der Waals surface area contributed by atoms with Gasteiger partial charge in [-0.25, -0.2) is 22.8 Å². The number of nitrogens with zero attached hydrogens (tertiary/aromatic N) is 2. The van der Waals surface area contributed by atoms with Crippen molar-refractivity contribution in [1.82, 2.24) is 9.97 Å². The molecule has 194 valence electrons. The van der Waals surface area contributed by atoms with Crippen LogP contribution in [-0.2, 0) is 31.8 Å². The molecule has 0 spiro atoms. The molecule has 3 aromatic rings. The molecule has 1 N–H and O–H groups in total. The molecule has 37 heavy (non-hydrogen) atoms. The van der Waals surface area contributed by atoms with Gasteiger partial charge in [-0.2, -0.15) is 21.6 Å². The van der Waals surface area contributed by atoms with Crippen LogP contribution in [0, 0.1) is 0 Å². The SMILES string of the molecule is CS(=O)(=O)c1ccc(C2=C(c3ccccc3)C=CC(F)(c3ccnc(C(F)(F)F)n3)C2S(=O)(=O)O)cc1. The van der Waals surface area contributed by atoms with Crippen LogP contribution in [0.25, 0.3) is 11.1 Å². The van der Waals surface area contributed by atoms with Crippen LogP contribution in [0.3, 0.4) is 0 Å². The van der Waals surface area contributed by atoms with E-state index in [-0.39, 0.29) is 21.6 Å². The molecule has 0 amide bonds. The van der Waals surface area contributed by atoms with Gasteiger partial charge in [0.2, 0.25) is 5.82 Å². The van der Waals surface area contributed by atoms with Gasteiger partial charge in [0.05, 0.1) is 10.6 Å². The Hall–Kier alpha value is -3.42.